The molecule has 0 unspecified atom stereocenters. The fourth-order valence-electron chi connectivity index (χ4n) is 8.49. The summed E-state index contributed by atoms with van der Waals surface area (Å²) in [6, 6.07) is 22.3. The number of aromatic nitrogens is 6. The highest BCUT2D eigenvalue weighted by molar-refractivity contribution is 5.96. The molecule has 67 heavy (non-hydrogen) atoms. The Hall–Kier alpha value is -7.47. The van der Waals surface area contributed by atoms with Gasteiger partial charge in [-0.2, -0.15) is 0 Å². The number of ether oxygens (including phenoxy) is 1. The van der Waals surface area contributed by atoms with Gasteiger partial charge in [0.25, 0.3) is 0 Å². The summed E-state index contributed by atoms with van der Waals surface area (Å²) in [7, 11) is 1.64. The average molecular weight is 910 g/mol. The molecule has 0 saturated carbocycles. The van der Waals surface area contributed by atoms with Crippen molar-refractivity contribution in [1.82, 2.24) is 56.2 Å². The number of hydrogen-bond acceptors (Lipinski definition) is 11. The number of carboxylic acid groups (broad SMARTS) is 1. The number of benzene rings is 4. The number of carbonyl (C=O) groups excluding carboxylic acids is 4. The van der Waals surface area contributed by atoms with Crippen LogP contribution in [0.4, 0.5) is 0 Å². The van der Waals surface area contributed by atoms with Crippen LogP contribution in [0, 0.1) is 5.92 Å². The largest absolute Gasteiger partial charge is 0.494 e. The summed E-state index contributed by atoms with van der Waals surface area (Å²) in [5, 5.41) is 41.4. The summed E-state index contributed by atoms with van der Waals surface area (Å²) < 4.78 is 9.36. The van der Waals surface area contributed by atoms with E-state index >= 15 is 0 Å². The van der Waals surface area contributed by atoms with E-state index in [0.29, 0.717) is 42.3 Å². The van der Waals surface area contributed by atoms with E-state index in [1.165, 1.54) is 4.90 Å². The molecule has 1 saturated heterocycles. The predicted molar refractivity (Wildman–Crippen MR) is 248 cm³/mol. The molecule has 10 bridgehead atoms. The normalized spacial score (nSPS) is 20.0. The molecule has 4 amide bonds. The van der Waals surface area contributed by atoms with Gasteiger partial charge in [-0.05, 0) is 60.0 Å². The van der Waals surface area contributed by atoms with Crippen LogP contribution in [0.2, 0.25) is 0 Å². The number of likely N-dealkylation sites (tertiary alicyclic amines) is 1. The third-order valence-corrected chi connectivity index (χ3v) is 12.5. The molecule has 18 nitrogen and oxygen atoms in total. The Morgan fingerprint density at radius 1 is 0.851 bits per heavy atom. The molecule has 5 N–H and O–H groups in total. The van der Waals surface area contributed by atoms with Crippen LogP contribution >= 0.6 is 0 Å². The van der Waals surface area contributed by atoms with Crippen molar-refractivity contribution in [2.45, 2.75) is 89.3 Å². The molecule has 0 aliphatic carbocycles. The van der Waals surface area contributed by atoms with Crippen LogP contribution < -0.4 is 26.0 Å². The monoisotopic (exact) mass is 909 g/mol. The summed E-state index contributed by atoms with van der Waals surface area (Å²) in [6.07, 6.45) is 4.33. The number of hydrogen-bond donors (Lipinski definition) is 5. The second-order valence-electron chi connectivity index (χ2n) is 17.6. The van der Waals surface area contributed by atoms with Crippen molar-refractivity contribution in [1.29, 1.82) is 0 Å². The molecule has 4 aromatic carbocycles. The molecule has 9 rings (SSSR count). The van der Waals surface area contributed by atoms with Gasteiger partial charge in [-0.3, -0.25) is 23.9 Å². The Morgan fingerprint density at radius 2 is 1.58 bits per heavy atom. The topological polar surface area (TPSA) is 228 Å². The Labute approximate surface area is 387 Å². The lowest BCUT2D eigenvalue weighted by Gasteiger charge is -2.32. The number of likely N-dealkylation sites (N-methyl/N-ethyl adjacent to an activating group) is 1. The number of rotatable bonds is 8. The molecule has 5 heterocycles. The second-order valence-corrected chi connectivity index (χ2v) is 17.6. The van der Waals surface area contributed by atoms with Crippen LogP contribution in [0.5, 0.6) is 5.75 Å². The number of amides is 4. The maximum Gasteiger partial charge on any atom is 0.326 e. The second kappa shape index (κ2) is 20.4. The van der Waals surface area contributed by atoms with E-state index in [2.05, 4.69) is 41.9 Å². The van der Waals surface area contributed by atoms with E-state index in [0.717, 1.165) is 27.5 Å². The average Bonchev–Trinajstić information content (AvgIpc) is 4.12. The van der Waals surface area contributed by atoms with Gasteiger partial charge in [0.05, 0.1) is 31.1 Å². The van der Waals surface area contributed by atoms with Crippen molar-refractivity contribution in [3.8, 4) is 28.3 Å². The first-order chi connectivity index (χ1) is 32.3. The van der Waals surface area contributed by atoms with E-state index in [1.807, 2.05) is 86.8 Å². The van der Waals surface area contributed by atoms with Crippen molar-refractivity contribution in [2.24, 2.45) is 5.92 Å². The Bertz CT molecular complexity index is 2750. The summed E-state index contributed by atoms with van der Waals surface area (Å²) in [5.74, 6) is -3.23. The minimum atomic E-state index is -1.35. The van der Waals surface area contributed by atoms with E-state index in [9.17, 15) is 29.1 Å². The van der Waals surface area contributed by atoms with Crippen molar-refractivity contribution in [3.05, 3.63) is 115 Å². The zero-order chi connectivity index (χ0) is 47.2. The summed E-state index contributed by atoms with van der Waals surface area (Å²) in [4.78, 5) is 71.4. The summed E-state index contributed by atoms with van der Waals surface area (Å²) in [5.41, 5.74) is 4.17. The van der Waals surface area contributed by atoms with Gasteiger partial charge in [0.2, 0.25) is 23.6 Å². The fourth-order valence-corrected chi connectivity index (χ4v) is 8.49. The molecule has 18 heteroatoms. The highest BCUT2D eigenvalue weighted by Gasteiger charge is 2.45. The predicted octanol–water partition coefficient (Wildman–Crippen LogP) is 3.57. The highest BCUT2D eigenvalue weighted by atomic mass is 16.5. The van der Waals surface area contributed by atoms with Crippen molar-refractivity contribution in [3.63, 3.8) is 0 Å². The summed E-state index contributed by atoms with van der Waals surface area (Å²) in [6.45, 7) is 6.30. The minimum Gasteiger partial charge on any atom is -0.494 e. The molecule has 348 valence electrons. The van der Waals surface area contributed by atoms with Crippen molar-refractivity contribution >= 4 is 40.4 Å². The zero-order valence-electron chi connectivity index (χ0n) is 37.8. The standard InChI is InChI=1S/C49H55N11O7/c1-29(2)44(53-45(61)30(3)50-4)48(64)59-26-37-25-43(59)47(63)51-39(23-32-13-16-33-9-5-6-10-34(33)21-32)46(62)52-40(49(65)66)22-31-14-17-38(18-15-31)67-20-8-19-58-27-41(54-56-58)35-11-7-12-36(24-35)42-28-60(37)57-55-42/h5-7,9-18,21,24,27-30,37,39-40,43-44,50H,8,19-20,22-23,25-26H2,1-4H3,(H,51,63)(H,52,62)(H,53,61)(H,65,66)/t30-,37-,39-,40-,43-,44-/m0/s1. The van der Waals surface area contributed by atoms with Crippen LogP contribution in [-0.4, -0.2) is 120 Å². The zero-order valence-corrected chi connectivity index (χ0v) is 37.8. The summed E-state index contributed by atoms with van der Waals surface area (Å²) >= 11 is 0. The Balaban J connectivity index is 1.16. The van der Waals surface area contributed by atoms with Crippen LogP contribution in [0.3, 0.4) is 0 Å². The van der Waals surface area contributed by atoms with Crippen LogP contribution in [0.25, 0.3) is 33.3 Å². The maximum absolute atomic E-state index is 14.9. The smallest absolute Gasteiger partial charge is 0.326 e. The fraction of sp³-hybridized carbons (Fsp3) is 0.367. The number of carboxylic acids is 1. The van der Waals surface area contributed by atoms with Crippen LogP contribution in [-0.2, 0) is 43.4 Å². The van der Waals surface area contributed by atoms with E-state index in [-0.39, 0.29) is 37.6 Å². The first kappa shape index (κ1) is 46.1. The third-order valence-electron chi connectivity index (χ3n) is 12.5. The molecule has 3 aliphatic rings. The molecule has 3 aliphatic heterocycles. The molecule has 6 aromatic rings. The number of carbonyl (C=O) groups is 5. The maximum atomic E-state index is 14.9. The molecule has 0 spiro atoms. The van der Waals surface area contributed by atoms with Gasteiger partial charge in [0.15, 0.2) is 0 Å². The van der Waals surface area contributed by atoms with Gasteiger partial charge < -0.3 is 36.0 Å². The first-order valence-corrected chi connectivity index (χ1v) is 22.6. The molecule has 1 fully saturated rings. The third kappa shape index (κ3) is 10.8. The molecule has 6 atom stereocenters. The SMILES string of the molecule is CN[C@@H](C)C(=O)N[C@H](C(=O)N1C[C@@H]2C[C@H]1C(=O)N[C@@H](Cc1ccc3ccccc3c1)C(=O)N[C@H](C(=O)O)Cc1ccc(cc1)OCCCn1cc(nn1)-c1cccc(c1)-c1cn2nn1)C(C)C. The van der Waals surface area contributed by atoms with E-state index in [4.69, 9.17) is 4.74 Å². The van der Waals surface area contributed by atoms with Crippen LogP contribution in [0.15, 0.2) is 103 Å². The van der Waals surface area contributed by atoms with Crippen LogP contribution in [0.1, 0.15) is 50.8 Å². The van der Waals surface area contributed by atoms with E-state index in [1.54, 1.807) is 53.8 Å². The molecular formula is C49H55N11O7. The molecular weight excluding hydrogens is 855 g/mol. The number of aliphatic carboxylic acids is 1. The molecule has 0 radical (unpaired) electrons. The lowest BCUT2D eigenvalue weighted by Crippen LogP contribution is -2.59. The minimum absolute atomic E-state index is 0.0129. The quantitative estimate of drug-likeness (QED) is 0.148. The molecule has 2 aromatic heterocycles. The number of nitrogens with zero attached hydrogens (tertiary/aromatic N) is 7. The van der Waals surface area contributed by atoms with Gasteiger partial charge in [-0.15, -0.1) is 10.2 Å². The highest BCUT2D eigenvalue weighted by Crippen LogP contribution is 2.31. The number of nitrogens with one attached hydrogen (secondary N) is 4. The Morgan fingerprint density at radius 3 is 2.31 bits per heavy atom. The van der Waals surface area contributed by atoms with Gasteiger partial charge in [-0.1, -0.05) is 97.1 Å². The Kier molecular flexibility index (Phi) is 14.0. The number of aryl methyl sites for hydroxylation is 1. The lowest BCUT2D eigenvalue weighted by molar-refractivity contribution is -0.144. The van der Waals surface area contributed by atoms with Gasteiger partial charge >= 0.3 is 5.97 Å². The van der Waals surface area contributed by atoms with Crippen molar-refractivity contribution < 1.29 is 33.8 Å². The first-order valence-electron chi connectivity index (χ1n) is 22.6. The van der Waals surface area contributed by atoms with E-state index < -0.39 is 59.9 Å². The lowest BCUT2D eigenvalue weighted by atomic mass is 9.99. The van der Waals surface area contributed by atoms with Crippen molar-refractivity contribution in [2.75, 3.05) is 20.2 Å². The van der Waals surface area contributed by atoms with Gasteiger partial charge in [0.1, 0.15) is 41.3 Å². The number of fused-ring (bicyclic) bond motifs is 12. The van der Waals surface area contributed by atoms with Gasteiger partial charge in [-0.25, -0.2) is 9.48 Å². The van der Waals surface area contributed by atoms with Gasteiger partial charge in [0, 0.05) is 49.9 Å².